The number of hydrogen-bond donors (Lipinski definition) is 2. The van der Waals surface area contributed by atoms with Crippen molar-refractivity contribution in [3.8, 4) is 11.3 Å². The molecule has 5 heteroatoms. The molecule has 1 fully saturated rings. The van der Waals surface area contributed by atoms with Crippen LogP contribution in [-0.2, 0) is 6.42 Å². The van der Waals surface area contributed by atoms with Gasteiger partial charge in [-0.1, -0.05) is 24.3 Å². The normalized spacial score (nSPS) is 16.5. The highest BCUT2D eigenvalue weighted by Crippen LogP contribution is 2.27. The molecule has 2 aromatic heterocycles. The quantitative estimate of drug-likeness (QED) is 0.679. The van der Waals surface area contributed by atoms with Crippen LogP contribution >= 0.6 is 0 Å². The number of aromatic nitrogens is 2. The minimum absolute atomic E-state index is 0.00208. The van der Waals surface area contributed by atoms with Crippen molar-refractivity contribution in [1.82, 2.24) is 15.3 Å². The zero-order chi connectivity index (χ0) is 20.3. The minimum atomic E-state index is 0.00208. The Hall–Kier alpha value is -3.34. The van der Waals surface area contributed by atoms with Gasteiger partial charge >= 0.3 is 0 Å². The molecule has 0 aliphatic carbocycles. The zero-order valence-corrected chi connectivity index (χ0v) is 17.0. The largest absolute Gasteiger partial charge is 0.371 e. The first-order chi connectivity index (χ1) is 14.8. The molecule has 5 nitrogen and oxygen atoms in total. The second-order valence-electron chi connectivity index (χ2n) is 7.99. The van der Waals surface area contributed by atoms with Crippen molar-refractivity contribution in [3.05, 3.63) is 71.2 Å². The van der Waals surface area contributed by atoms with Gasteiger partial charge in [-0.25, -0.2) is 0 Å². The standard InChI is InChI=1S/C25H26N4O/c30-25-21-17-23(28-22(21)11-13-27-25)19-10-12-26-20(16-19)9-8-18-6-2-3-7-24(18)29-14-4-1-5-15-29/h2-3,6-10,12,16-17,28H,1,4-5,11,13-15H2,(H,27,30)/b9-8+. The summed E-state index contributed by atoms with van der Waals surface area (Å²) >= 11 is 0. The van der Waals surface area contributed by atoms with Gasteiger partial charge in [-0.15, -0.1) is 0 Å². The van der Waals surface area contributed by atoms with Crippen molar-refractivity contribution < 1.29 is 4.79 Å². The number of hydrogen-bond acceptors (Lipinski definition) is 3. The van der Waals surface area contributed by atoms with Crippen LogP contribution in [0.1, 0.15) is 46.6 Å². The van der Waals surface area contributed by atoms with Gasteiger partial charge in [0, 0.05) is 54.9 Å². The van der Waals surface area contributed by atoms with E-state index in [0.717, 1.165) is 47.7 Å². The SMILES string of the molecule is O=C1NCCc2[nH]c(-c3ccnc(/C=C/c4ccccc4N4CCCCC4)c3)cc21. The predicted octanol–water partition coefficient (Wildman–Crippen LogP) is 4.52. The Labute approximate surface area is 176 Å². The van der Waals surface area contributed by atoms with E-state index < -0.39 is 0 Å². The lowest BCUT2D eigenvalue weighted by atomic mass is 10.1. The fourth-order valence-electron chi connectivity index (χ4n) is 4.38. The number of amides is 1. The summed E-state index contributed by atoms with van der Waals surface area (Å²) in [6.45, 7) is 2.94. The van der Waals surface area contributed by atoms with Crippen molar-refractivity contribution in [2.75, 3.05) is 24.5 Å². The summed E-state index contributed by atoms with van der Waals surface area (Å²) in [6.07, 6.45) is 10.7. The molecule has 0 radical (unpaired) electrons. The average Bonchev–Trinajstić information content (AvgIpc) is 3.25. The van der Waals surface area contributed by atoms with E-state index in [-0.39, 0.29) is 5.91 Å². The lowest BCUT2D eigenvalue weighted by Crippen LogP contribution is -2.31. The lowest BCUT2D eigenvalue weighted by molar-refractivity contribution is 0.0946. The highest BCUT2D eigenvalue weighted by molar-refractivity contribution is 5.97. The molecule has 1 saturated heterocycles. The number of fused-ring (bicyclic) bond motifs is 1. The fraction of sp³-hybridized carbons (Fsp3) is 0.280. The van der Waals surface area contributed by atoms with E-state index in [4.69, 9.17) is 0 Å². The number of nitrogens with zero attached hydrogens (tertiary/aromatic N) is 2. The van der Waals surface area contributed by atoms with Crippen molar-refractivity contribution in [2.24, 2.45) is 0 Å². The molecule has 4 heterocycles. The summed E-state index contributed by atoms with van der Waals surface area (Å²) in [5.41, 5.74) is 7.18. The highest BCUT2D eigenvalue weighted by Gasteiger charge is 2.20. The Morgan fingerprint density at radius 3 is 2.73 bits per heavy atom. The van der Waals surface area contributed by atoms with Gasteiger partial charge in [0.25, 0.3) is 5.91 Å². The first kappa shape index (κ1) is 18.7. The summed E-state index contributed by atoms with van der Waals surface area (Å²) in [4.78, 5) is 22.5. The molecule has 3 aromatic rings. The molecule has 1 amide bonds. The van der Waals surface area contributed by atoms with Crippen LogP contribution in [0.4, 0.5) is 5.69 Å². The first-order valence-corrected chi connectivity index (χ1v) is 10.8. The Bertz CT molecular complexity index is 1090. The number of para-hydroxylation sites is 1. The number of rotatable bonds is 4. The van der Waals surface area contributed by atoms with Crippen LogP contribution in [0.15, 0.2) is 48.7 Å². The first-order valence-electron chi connectivity index (χ1n) is 10.8. The van der Waals surface area contributed by atoms with E-state index in [2.05, 4.69) is 62.7 Å². The molecule has 2 aliphatic rings. The van der Waals surface area contributed by atoms with Crippen LogP contribution in [0.25, 0.3) is 23.4 Å². The van der Waals surface area contributed by atoms with E-state index in [1.807, 2.05) is 18.3 Å². The van der Waals surface area contributed by atoms with Crippen LogP contribution in [-0.4, -0.2) is 35.5 Å². The fourth-order valence-corrected chi connectivity index (χ4v) is 4.38. The number of benzene rings is 1. The Kier molecular flexibility index (Phi) is 5.10. The van der Waals surface area contributed by atoms with E-state index in [9.17, 15) is 4.79 Å². The molecule has 5 rings (SSSR count). The third-order valence-corrected chi connectivity index (χ3v) is 5.96. The van der Waals surface area contributed by atoms with Gasteiger partial charge in [-0.2, -0.15) is 0 Å². The maximum Gasteiger partial charge on any atom is 0.253 e. The summed E-state index contributed by atoms with van der Waals surface area (Å²) in [5.74, 6) is 0.00208. The number of pyridine rings is 1. The van der Waals surface area contributed by atoms with Gasteiger partial charge in [0.2, 0.25) is 0 Å². The third kappa shape index (κ3) is 3.75. The number of carbonyl (C=O) groups is 1. The topological polar surface area (TPSA) is 61.0 Å². The molecular formula is C25H26N4O. The molecule has 0 saturated carbocycles. The van der Waals surface area contributed by atoms with Crippen LogP contribution in [0.5, 0.6) is 0 Å². The van der Waals surface area contributed by atoms with Gasteiger partial charge < -0.3 is 15.2 Å². The van der Waals surface area contributed by atoms with Gasteiger partial charge in [-0.3, -0.25) is 9.78 Å². The van der Waals surface area contributed by atoms with E-state index in [1.54, 1.807) is 0 Å². The molecular weight excluding hydrogens is 372 g/mol. The Morgan fingerprint density at radius 1 is 1.00 bits per heavy atom. The second kappa shape index (κ2) is 8.19. The zero-order valence-electron chi connectivity index (χ0n) is 17.0. The molecule has 0 bridgehead atoms. The van der Waals surface area contributed by atoms with E-state index in [1.165, 1.54) is 30.5 Å². The number of nitrogens with one attached hydrogen (secondary N) is 2. The van der Waals surface area contributed by atoms with Gasteiger partial charge in [0.1, 0.15) is 0 Å². The van der Waals surface area contributed by atoms with Crippen LogP contribution in [0, 0.1) is 0 Å². The van der Waals surface area contributed by atoms with Crippen LogP contribution in [0.2, 0.25) is 0 Å². The van der Waals surface area contributed by atoms with Crippen molar-refractivity contribution in [1.29, 1.82) is 0 Å². The molecule has 2 aliphatic heterocycles. The van der Waals surface area contributed by atoms with Crippen molar-refractivity contribution in [3.63, 3.8) is 0 Å². The highest BCUT2D eigenvalue weighted by atomic mass is 16.1. The molecule has 0 atom stereocenters. The Morgan fingerprint density at radius 2 is 1.87 bits per heavy atom. The Balaban J connectivity index is 1.41. The lowest BCUT2D eigenvalue weighted by Gasteiger charge is -2.30. The van der Waals surface area contributed by atoms with E-state index in [0.29, 0.717) is 6.54 Å². The van der Waals surface area contributed by atoms with Gasteiger partial charge in [0.15, 0.2) is 0 Å². The summed E-state index contributed by atoms with van der Waals surface area (Å²) in [7, 11) is 0. The minimum Gasteiger partial charge on any atom is -0.371 e. The van der Waals surface area contributed by atoms with Gasteiger partial charge in [0.05, 0.1) is 11.3 Å². The number of carbonyl (C=O) groups excluding carboxylic acids is 1. The summed E-state index contributed by atoms with van der Waals surface area (Å²) in [6, 6.07) is 14.6. The van der Waals surface area contributed by atoms with Crippen molar-refractivity contribution >= 4 is 23.7 Å². The molecule has 2 N–H and O–H groups in total. The second-order valence-corrected chi connectivity index (χ2v) is 7.99. The summed E-state index contributed by atoms with van der Waals surface area (Å²) < 4.78 is 0. The monoisotopic (exact) mass is 398 g/mol. The number of anilines is 1. The maximum absolute atomic E-state index is 12.1. The molecule has 1 aromatic carbocycles. The number of H-pyrrole nitrogens is 1. The summed E-state index contributed by atoms with van der Waals surface area (Å²) in [5, 5.41) is 2.90. The number of piperidine rings is 1. The molecule has 0 spiro atoms. The van der Waals surface area contributed by atoms with Crippen molar-refractivity contribution in [2.45, 2.75) is 25.7 Å². The maximum atomic E-state index is 12.1. The van der Waals surface area contributed by atoms with E-state index >= 15 is 0 Å². The van der Waals surface area contributed by atoms with Crippen LogP contribution < -0.4 is 10.2 Å². The van der Waals surface area contributed by atoms with Gasteiger partial charge in [-0.05, 0) is 55.2 Å². The molecule has 30 heavy (non-hydrogen) atoms. The third-order valence-electron chi connectivity index (χ3n) is 5.96. The van der Waals surface area contributed by atoms with Crippen LogP contribution in [0.3, 0.4) is 0 Å². The molecule has 0 unspecified atom stereocenters. The smallest absolute Gasteiger partial charge is 0.253 e. The molecule has 152 valence electrons. The predicted molar refractivity (Wildman–Crippen MR) is 121 cm³/mol. The average molecular weight is 399 g/mol. The number of aromatic amines is 1.